The number of phenols is 1. The fourth-order valence-corrected chi connectivity index (χ4v) is 10.2. The first kappa shape index (κ1) is 107. The number of hydrogen-bond acceptors (Lipinski definition) is 11. The molecule has 0 aliphatic carbocycles. The van der Waals surface area contributed by atoms with Gasteiger partial charge in [0, 0.05) is 105 Å². The molecule has 0 aliphatic rings. The molecule has 0 spiro atoms. The van der Waals surface area contributed by atoms with Gasteiger partial charge in [-0.05, 0) is 178 Å². The van der Waals surface area contributed by atoms with Crippen LogP contribution in [0, 0.1) is 34.6 Å². The molecular weight excluding hydrogens is 1720 g/mol. The molecule has 662 valence electrons. The molecule has 0 bridgehead atoms. The van der Waals surface area contributed by atoms with Crippen LogP contribution in [0.15, 0.2) is 185 Å². The zero-order chi connectivity index (χ0) is 90.0. The molecule has 16 amide bonds. The number of aromatic hydroxyl groups is 1. The van der Waals surface area contributed by atoms with E-state index in [0.29, 0.717) is 31.1 Å². The van der Waals surface area contributed by atoms with E-state index in [1.165, 1.54) is 12.1 Å². The minimum absolute atomic E-state index is 0.0153. The lowest BCUT2D eigenvalue weighted by Gasteiger charge is -2.11. The zero-order valence-electron chi connectivity index (χ0n) is 68.7. The third-order valence-electron chi connectivity index (χ3n) is 15.4. The third kappa shape index (κ3) is 49.7. The highest BCUT2D eigenvalue weighted by Gasteiger charge is 2.12. The van der Waals surface area contributed by atoms with Gasteiger partial charge in [0.15, 0.2) is 0 Å². The predicted molar refractivity (Wildman–Crippen MR) is 468 cm³/mol. The van der Waals surface area contributed by atoms with Crippen molar-refractivity contribution >= 4 is 109 Å². The summed E-state index contributed by atoms with van der Waals surface area (Å²) in [5, 5.41) is 49.1. The maximum absolute atomic E-state index is 11.8. The van der Waals surface area contributed by atoms with E-state index in [2.05, 4.69) is 117 Å². The Kier molecular flexibility index (Phi) is 58.7. The number of benzene rings is 8. The van der Waals surface area contributed by atoms with Crippen LogP contribution < -0.4 is 94.5 Å². The minimum Gasteiger partial charge on any atom is -0.508 e. The number of anilines is 5. The molecule has 0 saturated heterocycles. The molecule has 0 heterocycles. The molecule has 8 aromatic rings. The van der Waals surface area contributed by atoms with E-state index in [1.807, 2.05) is 175 Å². The summed E-state index contributed by atoms with van der Waals surface area (Å²) in [6.07, 6.45) is 0.847. The summed E-state index contributed by atoms with van der Waals surface area (Å²) in [4.78, 5) is 89.4. The molecular formula is C84H110Br2F8N16O11. The van der Waals surface area contributed by atoms with Crippen molar-refractivity contribution in [1.29, 1.82) is 0 Å². The Morgan fingerprint density at radius 2 is 0.669 bits per heavy atom. The van der Waals surface area contributed by atoms with E-state index in [0.717, 1.165) is 93.9 Å². The molecule has 0 saturated carbocycles. The molecule has 0 aliphatic heterocycles. The number of phenolic OH excluding ortho intramolecular Hbond substituents is 1. The molecule has 17 N–H and O–H groups in total. The van der Waals surface area contributed by atoms with Gasteiger partial charge in [-0.2, -0.15) is 0 Å². The van der Waals surface area contributed by atoms with Crippen molar-refractivity contribution in [3.63, 3.8) is 0 Å². The quantitative estimate of drug-likeness (QED) is 0.0188. The Labute approximate surface area is 717 Å². The van der Waals surface area contributed by atoms with E-state index >= 15 is 0 Å². The average molecular weight is 1830 g/mol. The molecule has 0 unspecified atom stereocenters. The van der Waals surface area contributed by atoms with Crippen LogP contribution in [0.4, 0.5) is 102 Å². The lowest BCUT2D eigenvalue weighted by atomic mass is 10.1. The number of nitrogens with one attached hydrogen (secondary N) is 16. The van der Waals surface area contributed by atoms with Crippen molar-refractivity contribution in [2.45, 2.75) is 67.6 Å². The summed E-state index contributed by atoms with van der Waals surface area (Å²) < 4.78 is 106. The van der Waals surface area contributed by atoms with Gasteiger partial charge in [0.05, 0.1) is 24.4 Å². The lowest BCUT2D eigenvalue weighted by Crippen LogP contribution is -2.36. The second-order valence-corrected chi connectivity index (χ2v) is 26.2. The third-order valence-corrected chi connectivity index (χ3v) is 16.8. The number of ether oxygens (including phenoxy) is 2. The monoisotopic (exact) mass is 1830 g/mol. The molecule has 27 nitrogen and oxygen atoms in total. The fraction of sp³-hybridized carbons (Fsp3) is 0.333. The highest BCUT2D eigenvalue weighted by molar-refractivity contribution is 9.11. The topological polar surface area (TPSA) is 368 Å². The molecule has 121 heavy (non-hydrogen) atoms. The molecule has 8 aromatic carbocycles. The van der Waals surface area contributed by atoms with E-state index < -0.39 is 71.5 Å². The van der Waals surface area contributed by atoms with E-state index in [9.17, 15) is 73.5 Å². The number of aryl methyl sites for hydroxylation is 5. The van der Waals surface area contributed by atoms with Crippen LogP contribution in [0.5, 0.6) is 17.2 Å². The number of halogens is 10. The Hall–Kier alpha value is -12.3. The van der Waals surface area contributed by atoms with Crippen molar-refractivity contribution in [2.24, 2.45) is 0 Å². The Balaban J connectivity index is 0.000000692. The van der Waals surface area contributed by atoms with Gasteiger partial charge in [-0.25, -0.2) is 73.5 Å². The van der Waals surface area contributed by atoms with Crippen LogP contribution >= 0.6 is 31.9 Å². The van der Waals surface area contributed by atoms with E-state index in [-0.39, 0.29) is 88.3 Å². The van der Waals surface area contributed by atoms with Crippen molar-refractivity contribution < 1.29 is 88.1 Å². The first-order valence-corrected chi connectivity index (χ1v) is 39.3. The Morgan fingerprint density at radius 1 is 0.322 bits per heavy atom. The Bertz CT molecular complexity index is 4250. The largest absolute Gasteiger partial charge is 0.508 e. The van der Waals surface area contributed by atoms with E-state index in [1.54, 1.807) is 44.6 Å². The first-order chi connectivity index (χ1) is 58.2. The van der Waals surface area contributed by atoms with Crippen LogP contribution in [-0.4, -0.2) is 173 Å². The molecule has 37 heteroatoms. The average Bonchev–Trinajstić information content (AvgIpc) is 0.874. The standard InChI is InChI=1S/C11H14BrFN2O2.C11H15FN2O2.3C11H15FN2O.C10H13FN2O2.C10H13FN2O.C9H10BrFN2O/c1-17-10-8(3-2-4-9(10)12)7-15-11(16)14-6-5-13;1-16-10-4-2-3-9(7-10)8-14-11(15)13-6-5-12;1-8-4-3-5-10(9(8)2)14-11(15)13-7-6-12;1-8-4-3-5-9(2)10(8)14-11(15)13-7-6-12;1-2-9-5-3-4-6-10(9)14-11(15)13-8-7-12;11-5-6-12-10(15)13-7-8-1-3-9(14)4-2-8;1-8-4-2-3-5-9(8)13-10(14)12-7-6-11;10-7-3-1-2-4-8(7)13-9(14)12-6-5-11/h2-4H,5-7H2,1H3,(H2,14,15,16);2-4,7H,5-6,8H2,1H3,(H2,13,14,15);2*3-5H,6-7H2,1-2H3,(H2,13,14,15);3-6H,2,7-8H2,1H3,(H2,13,14,15);1-4,14H,5-7H2,(H2,12,13,15);2-5H,6-7H2,1H3,(H2,12,13,14);1-4H,5-6H2,(H2,12,13,14). The van der Waals surface area contributed by atoms with Crippen LogP contribution in [0.25, 0.3) is 0 Å². The smallest absolute Gasteiger partial charge is 0.319 e. The highest BCUT2D eigenvalue weighted by Crippen LogP contribution is 2.29. The number of para-hydroxylation sites is 5. The summed E-state index contributed by atoms with van der Waals surface area (Å²) in [5.74, 6) is 1.60. The molecule has 0 radical (unpaired) electrons. The second kappa shape index (κ2) is 66.6. The van der Waals surface area contributed by atoms with Gasteiger partial charge in [-0.3, -0.25) is 0 Å². The number of amides is 16. The van der Waals surface area contributed by atoms with Gasteiger partial charge in [0.25, 0.3) is 0 Å². The van der Waals surface area contributed by atoms with Gasteiger partial charge in [-0.1, -0.05) is 122 Å². The van der Waals surface area contributed by atoms with E-state index in [4.69, 9.17) is 14.6 Å². The number of methoxy groups -OCH3 is 2. The number of carbonyl (C=O) groups excluding carboxylic acids is 8. The van der Waals surface area contributed by atoms with Crippen molar-refractivity contribution in [3.8, 4) is 17.2 Å². The summed E-state index contributed by atoms with van der Waals surface area (Å²) in [6, 6.07) is 49.9. The van der Waals surface area contributed by atoms with Gasteiger partial charge >= 0.3 is 48.2 Å². The number of alkyl halides is 8. The van der Waals surface area contributed by atoms with Crippen LogP contribution in [0.2, 0.25) is 0 Å². The normalized spacial score (nSPS) is 9.70. The van der Waals surface area contributed by atoms with Crippen molar-refractivity contribution in [2.75, 3.05) is 147 Å². The number of urea groups is 8. The summed E-state index contributed by atoms with van der Waals surface area (Å²) in [7, 11) is 3.15. The highest BCUT2D eigenvalue weighted by atomic mass is 79.9. The van der Waals surface area contributed by atoms with Gasteiger partial charge in [-0.15, -0.1) is 0 Å². The molecule has 8 rings (SSSR count). The van der Waals surface area contributed by atoms with Crippen LogP contribution in [0.1, 0.15) is 57.0 Å². The number of hydrogen-bond donors (Lipinski definition) is 17. The first-order valence-electron chi connectivity index (χ1n) is 37.7. The minimum atomic E-state index is -0.577. The fourth-order valence-electron chi connectivity index (χ4n) is 9.28. The maximum atomic E-state index is 11.8. The Morgan fingerprint density at radius 3 is 1.13 bits per heavy atom. The summed E-state index contributed by atoms with van der Waals surface area (Å²) >= 11 is 6.63. The molecule has 0 atom stereocenters. The van der Waals surface area contributed by atoms with Crippen LogP contribution in [-0.2, 0) is 26.1 Å². The maximum Gasteiger partial charge on any atom is 0.319 e. The second-order valence-electron chi connectivity index (χ2n) is 24.5. The lowest BCUT2D eigenvalue weighted by molar-refractivity contribution is 0.238. The SMILES string of the molecule is CCc1ccccc1NC(=O)NCCF.COc1c(Br)cccc1CNC(=O)NCCF.COc1cccc(CNC(=O)NCCF)c1.Cc1cccc(C)c1NC(=O)NCCF.Cc1cccc(NC(=O)NCCF)c1C.Cc1ccccc1NC(=O)NCCF.O=C(NCCF)NCc1ccc(O)cc1.O=C(NCCF)Nc1ccccc1Br. The van der Waals surface area contributed by atoms with Gasteiger partial charge < -0.3 is 99.6 Å². The molecule has 0 fully saturated rings. The summed E-state index contributed by atoms with van der Waals surface area (Å²) in [6.45, 7) is 8.43. The van der Waals surface area contributed by atoms with Crippen molar-refractivity contribution in [3.05, 3.63) is 235 Å². The van der Waals surface area contributed by atoms with Crippen LogP contribution in [0.3, 0.4) is 0 Å². The molecule has 0 aromatic heterocycles. The zero-order valence-corrected chi connectivity index (χ0v) is 71.9. The van der Waals surface area contributed by atoms with Crippen molar-refractivity contribution in [1.82, 2.24) is 58.5 Å². The number of rotatable bonds is 30. The van der Waals surface area contributed by atoms with Gasteiger partial charge in [0.1, 0.15) is 70.6 Å². The van der Waals surface area contributed by atoms with Gasteiger partial charge in [0.2, 0.25) is 0 Å². The number of carbonyl (C=O) groups is 8. The predicted octanol–water partition coefficient (Wildman–Crippen LogP) is 16.6. The summed E-state index contributed by atoms with van der Waals surface area (Å²) in [5.41, 5.74) is 12.5.